The maximum absolute atomic E-state index is 5.92. The fourth-order valence-corrected chi connectivity index (χ4v) is 2.93. The molecule has 0 atom stereocenters. The Morgan fingerprint density at radius 1 is 1.00 bits per heavy atom. The average molecular weight is 390 g/mol. The normalized spacial score (nSPS) is 10.8. The molecule has 0 aliphatic rings. The fourth-order valence-electron chi connectivity index (χ4n) is 2.93. The van der Waals surface area contributed by atoms with E-state index in [0.717, 1.165) is 33.8 Å². The molecule has 0 fully saturated rings. The van der Waals surface area contributed by atoms with E-state index in [4.69, 9.17) is 14.2 Å². The Morgan fingerprint density at radius 3 is 2.83 bits per heavy atom. The van der Waals surface area contributed by atoms with Crippen molar-refractivity contribution < 1.29 is 14.2 Å². The molecule has 7 heteroatoms. The van der Waals surface area contributed by atoms with E-state index in [0.29, 0.717) is 25.0 Å². The van der Waals surface area contributed by atoms with Crippen LogP contribution in [0.5, 0.6) is 17.4 Å². The zero-order valence-electron chi connectivity index (χ0n) is 16.3. The molecular formula is C22H22N4O3. The lowest BCUT2D eigenvalue weighted by atomic mass is 10.2. The van der Waals surface area contributed by atoms with Crippen molar-refractivity contribution in [3.8, 4) is 17.4 Å². The van der Waals surface area contributed by atoms with Crippen molar-refractivity contribution in [3.63, 3.8) is 0 Å². The standard InChI is InChI=1S/C22H22N4O3/c1-15-12-16-13-19(6-7-20(16)24-15)29-21-8-9-23-22(26-21)25-17-4-3-5-18(14-17)28-11-10-27-2/h3-9,12-14,24H,10-11H2,1-2H3,(H,23,25,26). The summed E-state index contributed by atoms with van der Waals surface area (Å²) in [5.41, 5.74) is 3.01. The van der Waals surface area contributed by atoms with E-state index in [1.165, 1.54) is 0 Å². The first-order valence-corrected chi connectivity index (χ1v) is 9.29. The number of benzene rings is 2. The van der Waals surface area contributed by atoms with Crippen LogP contribution < -0.4 is 14.8 Å². The summed E-state index contributed by atoms with van der Waals surface area (Å²) >= 11 is 0. The van der Waals surface area contributed by atoms with Gasteiger partial charge in [-0.05, 0) is 43.3 Å². The molecular weight excluding hydrogens is 368 g/mol. The lowest BCUT2D eigenvalue weighted by Gasteiger charge is -2.10. The number of aromatic nitrogens is 3. The van der Waals surface area contributed by atoms with Crippen molar-refractivity contribution in [2.24, 2.45) is 0 Å². The highest BCUT2D eigenvalue weighted by Crippen LogP contribution is 2.26. The monoisotopic (exact) mass is 390 g/mol. The molecule has 2 heterocycles. The summed E-state index contributed by atoms with van der Waals surface area (Å²) in [6.07, 6.45) is 1.66. The number of fused-ring (bicyclic) bond motifs is 1. The number of methoxy groups -OCH3 is 1. The average Bonchev–Trinajstić information content (AvgIpc) is 3.08. The Balaban J connectivity index is 1.46. The molecule has 29 heavy (non-hydrogen) atoms. The third-order valence-corrected chi connectivity index (χ3v) is 4.23. The summed E-state index contributed by atoms with van der Waals surface area (Å²) < 4.78 is 16.6. The Kier molecular flexibility index (Phi) is 5.58. The number of aryl methyl sites for hydroxylation is 1. The Bertz CT molecular complexity index is 1110. The van der Waals surface area contributed by atoms with Crippen molar-refractivity contribution in [2.75, 3.05) is 25.6 Å². The van der Waals surface area contributed by atoms with E-state index in [-0.39, 0.29) is 0 Å². The van der Waals surface area contributed by atoms with Crippen LogP contribution in [0.1, 0.15) is 5.69 Å². The molecule has 148 valence electrons. The highest BCUT2D eigenvalue weighted by atomic mass is 16.5. The summed E-state index contributed by atoms with van der Waals surface area (Å²) in [7, 11) is 1.64. The van der Waals surface area contributed by atoms with Crippen LogP contribution in [0.4, 0.5) is 11.6 Å². The van der Waals surface area contributed by atoms with Gasteiger partial charge >= 0.3 is 0 Å². The van der Waals surface area contributed by atoms with Gasteiger partial charge in [0.05, 0.1) is 6.61 Å². The molecule has 2 aromatic heterocycles. The Hall–Kier alpha value is -3.58. The molecule has 0 radical (unpaired) electrons. The van der Waals surface area contributed by atoms with Gasteiger partial charge in [-0.15, -0.1) is 0 Å². The maximum atomic E-state index is 5.92. The van der Waals surface area contributed by atoms with Crippen LogP contribution in [-0.2, 0) is 4.74 Å². The molecule has 2 N–H and O–H groups in total. The zero-order chi connectivity index (χ0) is 20.1. The number of hydrogen-bond donors (Lipinski definition) is 2. The fraction of sp³-hybridized carbons (Fsp3) is 0.182. The molecule has 0 saturated carbocycles. The van der Waals surface area contributed by atoms with Crippen LogP contribution in [0.25, 0.3) is 10.9 Å². The summed E-state index contributed by atoms with van der Waals surface area (Å²) in [4.78, 5) is 12.0. The summed E-state index contributed by atoms with van der Waals surface area (Å²) in [6, 6.07) is 17.3. The van der Waals surface area contributed by atoms with Gasteiger partial charge in [-0.2, -0.15) is 4.98 Å². The van der Waals surface area contributed by atoms with Crippen LogP contribution in [0.15, 0.2) is 60.8 Å². The number of H-pyrrole nitrogens is 1. The van der Waals surface area contributed by atoms with Crippen molar-refractivity contribution in [3.05, 3.63) is 66.5 Å². The van der Waals surface area contributed by atoms with E-state index in [2.05, 4.69) is 26.3 Å². The van der Waals surface area contributed by atoms with Gasteiger partial charge in [0, 0.05) is 47.7 Å². The van der Waals surface area contributed by atoms with Gasteiger partial charge in [0.2, 0.25) is 11.8 Å². The number of rotatable bonds is 8. The number of hydrogen-bond acceptors (Lipinski definition) is 6. The first kappa shape index (κ1) is 18.8. The second-order valence-electron chi connectivity index (χ2n) is 6.52. The number of ether oxygens (including phenoxy) is 3. The summed E-state index contributed by atoms with van der Waals surface area (Å²) in [6.45, 7) is 3.06. The first-order chi connectivity index (χ1) is 14.2. The minimum Gasteiger partial charge on any atom is -0.491 e. The van der Waals surface area contributed by atoms with Crippen molar-refractivity contribution in [1.29, 1.82) is 0 Å². The first-order valence-electron chi connectivity index (χ1n) is 9.29. The minimum atomic E-state index is 0.440. The molecule has 0 amide bonds. The van der Waals surface area contributed by atoms with Gasteiger partial charge in [-0.3, -0.25) is 0 Å². The highest BCUT2D eigenvalue weighted by Gasteiger charge is 2.06. The maximum Gasteiger partial charge on any atom is 0.230 e. The number of nitrogens with one attached hydrogen (secondary N) is 2. The molecule has 0 bridgehead atoms. The summed E-state index contributed by atoms with van der Waals surface area (Å²) in [5, 5.41) is 4.27. The van der Waals surface area contributed by atoms with Crippen molar-refractivity contribution in [2.45, 2.75) is 6.92 Å². The van der Waals surface area contributed by atoms with Gasteiger partial charge in [-0.25, -0.2) is 4.98 Å². The van der Waals surface area contributed by atoms with Crippen LogP contribution in [0.3, 0.4) is 0 Å². The predicted octanol–water partition coefficient (Wildman–Crippen LogP) is 4.83. The Morgan fingerprint density at radius 2 is 1.93 bits per heavy atom. The lowest BCUT2D eigenvalue weighted by molar-refractivity contribution is 0.146. The van der Waals surface area contributed by atoms with Crippen molar-refractivity contribution >= 4 is 22.5 Å². The Labute approximate surface area is 168 Å². The molecule has 4 rings (SSSR count). The lowest BCUT2D eigenvalue weighted by Crippen LogP contribution is -2.04. The smallest absolute Gasteiger partial charge is 0.230 e. The van der Waals surface area contributed by atoms with E-state index >= 15 is 0 Å². The molecule has 7 nitrogen and oxygen atoms in total. The van der Waals surface area contributed by atoms with Crippen LogP contribution in [0.2, 0.25) is 0 Å². The SMILES string of the molecule is COCCOc1cccc(Nc2nccc(Oc3ccc4[nH]c(C)cc4c3)n2)c1. The molecule has 0 unspecified atom stereocenters. The highest BCUT2D eigenvalue weighted by molar-refractivity contribution is 5.81. The van der Waals surface area contributed by atoms with Crippen LogP contribution in [-0.4, -0.2) is 35.3 Å². The van der Waals surface area contributed by atoms with E-state index in [1.807, 2.05) is 49.4 Å². The van der Waals surface area contributed by atoms with Gasteiger partial charge in [-0.1, -0.05) is 6.07 Å². The second kappa shape index (κ2) is 8.62. The van der Waals surface area contributed by atoms with Gasteiger partial charge < -0.3 is 24.5 Å². The summed E-state index contributed by atoms with van der Waals surface area (Å²) in [5.74, 6) is 2.36. The topological polar surface area (TPSA) is 81.3 Å². The molecule has 0 saturated heterocycles. The molecule has 2 aromatic carbocycles. The predicted molar refractivity (Wildman–Crippen MR) is 112 cm³/mol. The second-order valence-corrected chi connectivity index (χ2v) is 6.52. The van der Waals surface area contributed by atoms with Crippen LogP contribution >= 0.6 is 0 Å². The van der Waals surface area contributed by atoms with Gasteiger partial charge in [0.1, 0.15) is 18.1 Å². The molecule has 4 aromatic rings. The van der Waals surface area contributed by atoms with Gasteiger partial charge in [0.15, 0.2) is 0 Å². The third kappa shape index (κ3) is 4.83. The molecule has 0 spiro atoms. The number of anilines is 2. The largest absolute Gasteiger partial charge is 0.491 e. The minimum absolute atomic E-state index is 0.440. The van der Waals surface area contributed by atoms with E-state index in [9.17, 15) is 0 Å². The van der Waals surface area contributed by atoms with E-state index in [1.54, 1.807) is 19.4 Å². The van der Waals surface area contributed by atoms with Crippen LogP contribution in [0, 0.1) is 6.92 Å². The van der Waals surface area contributed by atoms with Crippen molar-refractivity contribution in [1.82, 2.24) is 15.0 Å². The quantitative estimate of drug-likeness (QED) is 0.420. The number of nitrogens with zero attached hydrogens (tertiary/aromatic N) is 2. The molecule has 0 aliphatic carbocycles. The molecule has 0 aliphatic heterocycles. The third-order valence-electron chi connectivity index (χ3n) is 4.23. The number of aromatic amines is 1. The zero-order valence-corrected chi connectivity index (χ0v) is 16.3. The van der Waals surface area contributed by atoms with E-state index < -0.39 is 0 Å². The van der Waals surface area contributed by atoms with Gasteiger partial charge in [0.25, 0.3) is 0 Å².